The molecule has 1 aliphatic rings. The number of nitrogens with one attached hydrogen (secondary N) is 2. The summed E-state index contributed by atoms with van der Waals surface area (Å²) >= 11 is 5.52. The third-order valence-electron chi connectivity index (χ3n) is 4.87. The minimum atomic E-state index is -1.17. The van der Waals surface area contributed by atoms with E-state index in [2.05, 4.69) is 23.3 Å². The number of hydrogen-bond donors (Lipinski definition) is 6. The zero-order valence-corrected chi connectivity index (χ0v) is 19.0. The number of hydrogen-bond acceptors (Lipinski definition) is 8. The molecule has 6 N–H and O–H groups in total. The molecule has 0 saturated carbocycles. The van der Waals surface area contributed by atoms with Crippen LogP contribution < -0.4 is 16.4 Å². The Morgan fingerprint density at radius 1 is 1.16 bits per heavy atom. The van der Waals surface area contributed by atoms with Crippen molar-refractivity contribution < 1.29 is 34.2 Å². The van der Waals surface area contributed by atoms with E-state index in [1.165, 1.54) is 16.7 Å². The molecule has 0 aromatic rings. The molecule has 0 aromatic carbocycles. The van der Waals surface area contributed by atoms with E-state index in [4.69, 9.17) is 10.8 Å². The summed E-state index contributed by atoms with van der Waals surface area (Å²) in [6, 6.07) is -4.05. The summed E-state index contributed by atoms with van der Waals surface area (Å²) in [4.78, 5) is 61.1. The molecule has 4 atom stereocenters. The Balaban J connectivity index is 2.74. The molecule has 176 valence electrons. The van der Waals surface area contributed by atoms with Gasteiger partial charge in [-0.05, 0) is 37.7 Å². The largest absolute Gasteiger partial charge is 0.481 e. The van der Waals surface area contributed by atoms with Crippen molar-refractivity contribution in [3.8, 4) is 0 Å². The highest BCUT2D eigenvalue weighted by Gasteiger charge is 2.37. The maximum Gasteiger partial charge on any atom is 0.326 e. The number of carboxylic acids is 2. The number of thioether (sulfide) groups is 1. The standard InChI is InChI=1S/C18H30N4O7S2/c1-31-8-6-11(18(28)29)20-15(25)12(9-30)21-16(26)13-3-2-7-22(13)17(27)10(19)4-5-14(23)24/h10-13,30H,2-9,19H2,1H3,(H,20,25)(H,21,26)(H,23,24)(H,28,29). The van der Waals surface area contributed by atoms with Gasteiger partial charge in [0.15, 0.2) is 0 Å². The molecule has 1 rings (SSSR count). The summed E-state index contributed by atoms with van der Waals surface area (Å²) in [5.41, 5.74) is 5.79. The highest BCUT2D eigenvalue weighted by molar-refractivity contribution is 7.98. The molecule has 0 aliphatic carbocycles. The Bertz CT molecular complexity index is 679. The van der Waals surface area contributed by atoms with Crippen LogP contribution in [0.4, 0.5) is 0 Å². The van der Waals surface area contributed by atoms with Crippen LogP contribution in [-0.2, 0) is 24.0 Å². The predicted octanol–water partition coefficient (Wildman–Crippen LogP) is -1.09. The molecule has 0 bridgehead atoms. The summed E-state index contributed by atoms with van der Waals surface area (Å²) in [5.74, 6) is -3.53. The summed E-state index contributed by atoms with van der Waals surface area (Å²) in [7, 11) is 0. The van der Waals surface area contributed by atoms with Gasteiger partial charge in [-0.15, -0.1) is 0 Å². The van der Waals surface area contributed by atoms with Crippen LogP contribution in [0.25, 0.3) is 0 Å². The van der Waals surface area contributed by atoms with Gasteiger partial charge in [0.25, 0.3) is 0 Å². The van der Waals surface area contributed by atoms with Crippen molar-refractivity contribution in [3.05, 3.63) is 0 Å². The highest BCUT2D eigenvalue weighted by atomic mass is 32.2. The van der Waals surface area contributed by atoms with E-state index in [1.54, 1.807) is 0 Å². The SMILES string of the molecule is CSCCC(NC(=O)C(CS)NC(=O)C1CCCN1C(=O)C(N)CCC(=O)O)C(=O)O. The fourth-order valence-electron chi connectivity index (χ4n) is 3.15. The second-order valence-electron chi connectivity index (χ2n) is 7.15. The van der Waals surface area contributed by atoms with E-state index in [9.17, 15) is 29.1 Å². The van der Waals surface area contributed by atoms with Crippen LogP contribution in [0.3, 0.4) is 0 Å². The molecule has 31 heavy (non-hydrogen) atoms. The summed E-state index contributed by atoms with van der Waals surface area (Å²) in [5, 5.41) is 22.9. The fraction of sp³-hybridized carbons (Fsp3) is 0.722. The number of thiol groups is 1. The van der Waals surface area contributed by atoms with Crippen molar-refractivity contribution in [1.29, 1.82) is 0 Å². The first-order valence-electron chi connectivity index (χ1n) is 9.83. The van der Waals surface area contributed by atoms with Gasteiger partial charge in [-0.3, -0.25) is 19.2 Å². The first-order valence-corrected chi connectivity index (χ1v) is 11.9. The highest BCUT2D eigenvalue weighted by Crippen LogP contribution is 2.19. The molecule has 1 heterocycles. The number of nitrogens with two attached hydrogens (primary N) is 1. The second-order valence-corrected chi connectivity index (χ2v) is 8.50. The number of carbonyl (C=O) groups is 5. The van der Waals surface area contributed by atoms with E-state index in [1.807, 2.05) is 6.26 Å². The molecule has 0 spiro atoms. The van der Waals surface area contributed by atoms with E-state index >= 15 is 0 Å². The van der Waals surface area contributed by atoms with Crippen LogP contribution in [0.2, 0.25) is 0 Å². The second kappa shape index (κ2) is 13.4. The van der Waals surface area contributed by atoms with Crippen LogP contribution in [0.1, 0.15) is 32.1 Å². The van der Waals surface area contributed by atoms with E-state index in [-0.39, 0.29) is 25.0 Å². The van der Waals surface area contributed by atoms with Crippen molar-refractivity contribution in [1.82, 2.24) is 15.5 Å². The number of nitrogens with zero attached hydrogens (tertiary/aromatic N) is 1. The Hall–Kier alpha value is -1.99. The molecular formula is C18H30N4O7S2. The monoisotopic (exact) mass is 478 g/mol. The lowest BCUT2D eigenvalue weighted by atomic mass is 10.1. The zero-order chi connectivity index (χ0) is 23.6. The van der Waals surface area contributed by atoms with Gasteiger partial charge in [-0.1, -0.05) is 0 Å². The smallest absolute Gasteiger partial charge is 0.326 e. The Morgan fingerprint density at radius 3 is 2.39 bits per heavy atom. The minimum Gasteiger partial charge on any atom is -0.481 e. The third kappa shape index (κ3) is 8.57. The van der Waals surface area contributed by atoms with Crippen molar-refractivity contribution >= 4 is 54.1 Å². The van der Waals surface area contributed by atoms with Crippen molar-refractivity contribution in [3.63, 3.8) is 0 Å². The van der Waals surface area contributed by atoms with Crippen LogP contribution in [-0.4, -0.2) is 93.2 Å². The predicted molar refractivity (Wildman–Crippen MR) is 118 cm³/mol. The Morgan fingerprint density at radius 2 is 1.84 bits per heavy atom. The van der Waals surface area contributed by atoms with Crippen molar-refractivity contribution in [2.24, 2.45) is 5.73 Å². The topological polar surface area (TPSA) is 179 Å². The number of likely N-dealkylation sites (tertiary alicyclic amines) is 1. The fourth-order valence-corrected chi connectivity index (χ4v) is 3.87. The average molecular weight is 479 g/mol. The van der Waals surface area contributed by atoms with Crippen LogP contribution in [0, 0.1) is 0 Å². The van der Waals surface area contributed by atoms with Crippen molar-refractivity contribution in [2.45, 2.75) is 56.3 Å². The van der Waals surface area contributed by atoms with Gasteiger partial charge in [0.1, 0.15) is 18.1 Å². The van der Waals surface area contributed by atoms with E-state index in [0.717, 1.165) is 0 Å². The number of rotatable bonds is 13. The third-order valence-corrected chi connectivity index (χ3v) is 5.87. The summed E-state index contributed by atoms with van der Waals surface area (Å²) < 4.78 is 0. The van der Waals surface area contributed by atoms with Gasteiger partial charge in [-0.25, -0.2) is 4.79 Å². The van der Waals surface area contributed by atoms with Gasteiger partial charge < -0.3 is 31.5 Å². The number of amides is 3. The Kier molecular flexibility index (Phi) is 11.7. The molecule has 0 aromatic heterocycles. The molecule has 11 nitrogen and oxygen atoms in total. The van der Waals surface area contributed by atoms with Crippen LogP contribution in [0.15, 0.2) is 0 Å². The molecule has 0 radical (unpaired) electrons. The molecule has 3 amide bonds. The van der Waals surface area contributed by atoms with Gasteiger partial charge in [0, 0.05) is 18.7 Å². The number of carboxylic acid groups (broad SMARTS) is 2. The van der Waals surface area contributed by atoms with Gasteiger partial charge in [0.05, 0.1) is 6.04 Å². The van der Waals surface area contributed by atoms with Gasteiger partial charge in [-0.2, -0.15) is 24.4 Å². The zero-order valence-electron chi connectivity index (χ0n) is 17.3. The maximum absolute atomic E-state index is 12.7. The van der Waals surface area contributed by atoms with Gasteiger partial charge in [0.2, 0.25) is 17.7 Å². The maximum atomic E-state index is 12.7. The molecule has 13 heteroatoms. The average Bonchev–Trinajstić information content (AvgIpc) is 3.21. The molecular weight excluding hydrogens is 448 g/mol. The number of carbonyl (C=O) groups excluding carboxylic acids is 3. The molecule has 1 saturated heterocycles. The lowest BCUT2D eigenvalue weighted by molar-refractivity contribution is -0.143. The molecule has 1 aliphatic heterocycles. The lowest BCUT2D eigenvalue weighted by Gasteiger charge is -2.28. The summed E-state index contributed by atoms with van der Waals surface area (Å²) in [6.45, 7) is 0.297. The van der Waals surface area contributed by atoms with Crippen LogP contribution in [0.5, 0.6) is 0 Å². The Labute approximate surface area is 190 Å². The lowest BCUT2D eigenvalue weighted by Crippen LogP contribution is -2.57. The molecule has 4 unspecified atom stereocenters. The van der Waals surface area contributed by atoms with Gasteiger partial charge >= 0.3 is 11.9 Å². The first-order chi connectivity index (χ1) is 14.6. The van der Waals surface area contributed by atoms with Crippen LogP contribution >= 0.6 is 24.4 Å². The molecule has 1 fully saturated rings. The first kappa shape index (κ1) is 27.0. The number of aliphatic carboxylic acids is 2. The normalized spacial score (nSPS) is 18.7. The minimum absolute atomic E-state index is 0.0483. The summed E-state index contributed by atoms with van der Waals surface area (Å²) in [6.07, 6.45) is 2.67. The van der Waals surface area contributed by atoms with Crippen molar-refractivity contribution in [2.75, 3.05) is 24.3 Å². The quantitative estimate of drug-likeness (QED) is 0.179. The van der Waals surface area contributed by atoms with E-state index in [0.29, 0.717) is 25.1 Å². The van der Waals surface area contributed by atoms with E-state index < -0.39 is 53.8 Å².